The van der Waals surface area contributed by atoms with Crippen LogP contribution in [0.5, 0.6) is 0 Å². The van der Waals surface area contributed by atoms with Gasteiger partial charge in [-0.25, -0.2) is 0 Å². The molecule has 0 aliphatic carbocycles. The fraction of sp³-hybridized carbons (Fsp3) is 0.679. The summed E-state index contributed by atoms with van der Waals surface area (Å²) in [6, 6.07) is 1.60. The van der Waals surface area contributed by atoms with E-state index in [1.54, 1.807) is 6.07 Å². The van der Waals surface area contributed by atoms with Crippen LogP contribution in [0, 0.1) is 11.3 Å². The summed E-state index contributed by atoms with van der Waals surface area (Å²) in [6.07, 6.45) is -15.4. The number of hydrogen-bond acceptors (Lipinski definition) is 19. The molecule has 1 saturated heterocycles. The molecule has 19 heteroatoms. The Balaban J connectivity index is 3.70. The molecule has 1 aliphatic rings. The number of carbonyl (C=O) groups excluding carboxylic acids is 8. The molecule has 262 valence electrons. The summed E-state index contributed by atoms with van der Waals surface area (Å²) in [5, 5.41) is 9.68. The van der Waals surface area contributed by atoms with Gasteiger partial charge in [-0.1, -0.05) is 0 Å². The van der Waals surface area contributed by atoms with Gasteiger partial charge in [-0.2, -0.15) is 5.26 Å². The number of nitrogens with zero attached hydrogens (tertiary/aromatic N) is 1. The van der Waals surface area contributed by atoms with Crippen LogP contribution in [0.2, 0.25) is 0 Å². The van der Waals surface area contributed by atoms with Crippen molar-refractivity contribution in [2.45, 2.75) is 111 Å². The van der Waals surface area contributed by atoms with E-state index < -0.39 is 116 Å². The van der Waals surface area contributed by atoms with Crippen molar-refractivity contribution in [2.75, 3.05) is 13.2 Å². The van der Waals surface area contributed by atoms with Crippen LogP contribution < -0.4 is 0 Å². The van der Waals surface area contributed by atoms with Gasteiger partial charge in [-0.05, 0) is 0 Å². The predicted molar refractivity (Wildman–Crippen MR) is 146 cm³/mol. The Morgan fingerprint density at radius 2 is 1.06 bits per heavy atom. The SMILES string of the molecule is CC(=O)OC[C@@H]1O[C@@H](OC[C@H](OC(C)=O)[C@H](OC(C)=O)[C@H](OC(C)=O)[C@@H](C#N)OC(C)=O)[C@@H](OC(C)=O)[C@@H](OC(C)=O)[C@@H]1OC(C)=O. The summed E-state index contributed by atoms with van der Waals surface area (Å²) < 4.78 is 53.2. The lowest BCUT2D eigenvalue weighted by atomic mass is 9.98. The summed E-state index contributed by atoms with van der Waals surface area (Å²) in [4.78, 5) is 95.7. The third-order valence-corrected chi connectivity index (χ3v) is 5.70. The zero-order valence-electron chi connectivity index (χ0n) is 26.9. The normalized spacial score (nSPS) is 22.7. The molecule has 0 aromatic heterocycles. The van der Waals surface area contributed by atoms with Crippen LogP contribution in [0.25, 0.3) is 0 Å². The molecule has 0 radical (unpaired) electrons. The van der Waals surface area contributed by atoms with Crippen molar-refractivity contribution in [1.29, 1.82) is 5.26 Å². The Bertz CT molecular complexity index is 1230. The highest BCUT2D eigenvalue weighted by Gasteiger charge is 2.53. The molecule has 0 aromatic rings. The smallest absolute Gasteiger partial charge is 0.304 e. The zero-order valence-corrected chi connectivity index (χ0v) is 26.9. The van der Waals surface area contributed by atoms with E-state index in [9.17, 15) is 43.6 Å². The molecule has 1 aliphatic heterocycles. The van der Waals surface area contributed by atoms with E-state index in [4.69, 9.17) is 47.4 Å². The largest absolute Gasteiger partial charge is 0.463 e. The molecule has 0 spiro atoms. The van der Waals surface area contributed by atoms with Gasteiger partial charge in [0.2, 0.25) is 6.10 Å². The number of ether oxygens (including phenoxy) is 10. The third-order valence-electron chi connectivity index (χ3n) is 5.70. The first kappa shape index (κ1) is 40.2. The maximum atomic E-state index is 12.2. The van der Waals surface area contributed by atoms with Gasteiger partial charge in [-0.3, -0.25) is 38.4 Å². The summed E-state index contributed by atoms with van der Waals surface area (Å²) in [6.45, 7) is 6.47. The second-order valence-electron chi connectivity index (χ2n) is 9.86. The number of esters is 8. The second-order valence-corrected chi connectivity index (χ2v) is 9.86. The van der Waals surface area contributed by atoms with E-state index in [1.807, 2.05) is 0 Å². The van der Waals surface area contributed by atoms with Gasteiger partial charge in [0.05, 0.1) is 6.61 Å². The number of rotatable bonds is 15. The Kier molecular flexibility index (Phi) is 16.2. The summed E-state index contributed by atoms with van der Waals surface area (Å²) in [5.74, 6) is -7.49. The fourth-order valence-corrected chi connectivity index (χ4v) is 4.31. The van der Waals surface area contributed by atoms with Crippen LogP contribution >= 0.6 is 0 Å². The monoisotopic (exact) mass is 675 g/mol. The van der Waals surface area contributed by atoms with Crippen LogP contribution in [0.3, 0.4) is 0 Å². The van der Waals surface area contributed by atoms with Gasteiger partial charge in [0.15, 0.2) is 42.9 Å². The molecule has 19 nitrogen and oxygen atoms in total. The van der Waals surface area contributed by atoms with E-state index in [1.165, 1.54) is 0 Å². The van der Waals surface area contributed by atoms with Crippen LogP contribution in [-0.2, 0) is 85.7 Å². The van der Waals surface area contributed by atoms with Gasteiger partial charge >= 0.3 is 47.8 Å². The predicted octanol–water partition coefficient (Wildman–Crippen LogP) is -0.664. The quantitative estimate of drug-likeness (QED) is 0.154. The Morgan fingerprint density at radius 1 is 0.596 bits per heavy atom. The fourth-order valence-electron chi connectivity index (χ4n) is 4.31. The van der Waals surface area contributed by atoms with E-state index in [0.717, 1.165) is 55.4 Å². The molecule has 47 heavy (non-hydrogen) atoms. The minimum Gasteiger partial charge on any atom is -0.463 e. The summed E-state index contributed by atoms with van der Waals surface area (Å²) in [5.41, 5.74) is 0. The third kappa shape index (κ3) is 14.0. The lowest BCUT2D eigenvalue weighted by molar-refractivity contribution is -0.313. The van der Waals surface area contributed by atoms with Gasteiger partial charge in [0.25, 0.3) is 0 Å². The number of nitriles is 1. The summed E-state index contributed by atoms with van der Waals surface area (Å²) in [7, 11) is 0. The van der Waals surface area contributed by atoms with Gasteiger partial charge in [-0.15, -0.1) is 0 Å². The lowest BCUT2D eigenvalue weighted by Gasteiger charge is -2.44. The Morgan fingerprint density at radius 3 is 1.51 bits per heavy atom. The highest BCUT2D eigenvalue weighted by Crippen LogP contribution is 2.31. The maximum Gasteiger partial charge on any atom is 0.304 e. The number of hydrogen-bond donors (Lipinski definition) is 0. The highest BCUT2D eigenvalue weighted by molar-refractivity contribution is 5.70. The minimum atomic E-state index is -1.88. The van der Waals surface area contributed by atoms with Crippen molar-refractivity contribution in [3.05, 3.63) is 0 Å². The van der Waals surface area contributed by atoms with Crippen molar-refractivity contribution in [3.63, 3.8) is 0 Å². The van der Waals surface area contributed by atoms with Gasteiger partial charge in [0, 0.05) is 55.4 Å². The average molecular weight is 676 g/mol. The molecule has 0 N–H and O–H groups in total. The highest BCUT2D eigenvalue weighted by atomic mass is 16.7. The summed E-state index contributed by atoms with van der Waals surface area (Å²) >= 11 is 0. The molecular weight excluding hydrogens is 638 g/mol. The van der Waals surface area contributed by atoms with Crippen LogP contribution in [0.4, 0.5) is 0 Å². The molecule has 0 saturated carbocycles. The molecule has 0 bridgehead atoms. The first-order valence-electron chi connectivity index (χ1n) is 13.9. The first-order valence-corrected chi connectivity index (χ1v) is 13.9. The zero-order chi connectivity index (χ0) is 36.0. The topological polar surface area (TPSA) is 253 Å². The first-order chi connectivity index (χ1) is 21.9. The van der Waals surface area contributed by atoms with Crippen LogP contribution in [0.15, 0.2) is 0 Å². The Hall–Kier alpha value is -4.83. The van der Waals surface area contributed by atoms with E-state index in [2.05, 4.69) is 0 Å². The number of carbonyl (C=O) groups is 8. The minimum absolute atomic E-state index is 0.581. The standard InChI is InChI=1S/C28H37NO18/c1-12(30)38-10-22-25(44-17(6)35)26(45-18(7)36)27(46-19(8)37)28(47-22)39-11-21(41-14(3)32)24(43-16(5)34)23(42-15(4)33)20(9-29)40-13(2)31/h20-28H,10-11H2,1-8H3/t20-,21+,22+,23-,24+,25-,26+,27+,28-/m1/s1. The average Bonchev–Trinajstić information content (AvgIpc) is 2.92. The molecule has 1 heterocycles. The molecule has 0 unspecified atom stereocenters. The Labute approximate surface area is 268 Å². The van der Waals surface area contributed by atoms with Crippen LogP contribution in [0.1, 0.15) is 55.4 Å². The molecule has 1 rings (SSSR count). The van der Waals surface area contributed by atoms with Gasteiger partial charge in [0.1, 0.15) is 18.8 Å². The van der Waals surface area contributed by atoms with Crippen molar-refractivity contribution >= 4 is 47.8 Å². The maximum absolute atomic E-state index is 12.2. The lowest BCUT2D eigenvalue weighted by Crippen LogP contribution is -2.63. The second kappa shape index (κ2) is 19.0. The van der Waals surface area contributed by atoms with Crippen molar-refractivity contribution in [3.8, 4) is 6.07 Å². The molecule has 0 aromatic carbocycles. The van der Waals surface area contributed by atoms with E-state index in [0.29, 0.717) is 0 Å². The van der Waals surface area contributed by atoms with Crippen molar-refractivity contribution < 1.29 is 85.7 Å². The van der Waals surface area contributed by atoms with E-state index >= 15 is 0 Å². The molecule has 9 atom stereocenters. The molecule has 1 fully saturated rings. The van der Waals surface area contributed by atoms with E-state index in [-0.39, 0.29) is 0 Å². The van der Waals surface area contributed by atoms with Gasteiger partial charge < -0.3 is 47.4 Å². The molecular formula is C28H37NO18. The molecule has 0 amide bonds. The van der Waals surface area contributed by atoms with Crippen molar-refractivity contribution in [1.82, 2.24) is 0 Å². The van der Waals surface area contributed by atoms with Crippen LogP contribution in [-0.4, -0.2) is 116 Å². The van der Waals surface area contributed by atoms with Crippen molar-refractivity contribution in [2.24, 2.45) is 0 Å².